The van der Waals surface area contributed by atoms with E-state index < -0.39 is 0 Å². The molecule has 0 aliphatic heterocycles. The van der Waals surface area contributed by atoms with Crippen LogP contribution >= 0.6 is 0 Å². The van der Waals surface area contributed by atoms with E-state index in [1.807, 2.05) is 0 Å². The zero-order chi connectivity index (χ0) is 15.0. The van der Waals surface area contributed by atoms with E-state index in [1.54, 1.807) is 18.3 Å². The lowest BCUT2D eigenvalue weighted by Gasteiger charge is -2.31. The predicted molar refractivity (Wildman–Crippen MR) is 81.2 cm³/mol. The van der Waals surface area contributed by atoms with Crippen molar-refractivity contribution in [3.8, 4) is 11.8 Å². The molecule has 1 aromatic heterocycles. The number of hydrogen-bond donors (Lipinski definition) is 2. The van der Waals surface area contributed by atoms with Gasteiger partial charge >= 0.3 is 0 Å². The lowest BCUT2D eigenvalue weighted by atomic mass is 9.89. The molecule has 0 spiro atoms. The van der Waals surface area contributed by atoms with Crippen molar-refractivity contribution in [1.29, 1.82) is 0 Å². The molecule has 0 aliphatic carbocycles. The summed E-state index contributed by atoms with van der Waals surface area (Å²) in [7, 11) is 0. The lowest BCUT2D eigenvalue weighted by molar-refractivity contribution is 0.0883. The third kappa shape index (κ3) is 3.82. The van der Waals surface area contributed by atoms with E-state index >= 15 is 0 Å². The average Bonchev–Trinajstić information content (AvgIpc) is 2.51. The number of nitrogens with one attached hydrogen (secondary N) is 1. The molecule has 0 fully saturated rings. The van der Waals surface area contributed by atoms with Crippen molar-refractivity contribution < 1.29 is 4.79 Å². The van der Waals surface area contributed by atoms with Crippen molar-refractivity contribution in [3.63, 3.8) is 0 Å². The number of hydrogen-bond acceptors (Lipinski definition) is 3. The Morgan fingerprint density at radius 2 is 2.00 bits per heavy atom. The van der Waals surface area contributed by atoms with Crippen LogP contribution in [-0.4, -0.2) is 23.0 Å². The lowest BCUT2D eigenvalue weighted by Crippen LogP contribution is -2.47. The van der Waals surface area contributed by atoms with Crippen LogP contribution < -0.4 is 11.1 Å². The van der Waals surface area contributed by atoms with Crippen molar-refractivity contribution in [2.75, 3.05) is 6.54 Å². The SMILES string of the molecule is CCC(CC)(CC)NC(=O)c1ncccc1C#CCN. The van der Waals surface area contributed by atoms with Gasteiger partial charge in [-0.05, 0) is 31.4 Å². The Morgan fingerprint density at radius 3 is 2.55 bits per heavy atom. The number of carbonyl (C=O) groups excluding carboxylic acids is 1. The molecule has 108 valence electrons. The largest absolute Gasteiger partial charge is 0.345 e. The van der Waals surface area contributed by atoms with Gasteiger partial charge in [0.15, 0.2) is 0 Å². The highest BCUT2D eigenvalue weighted by Crippen LogP contribution is 2.20. The van der Waals surface area contributed by atoms with Crippen LogP contribution in [0.1, 0.15) is 56.1 Å². The van der Waals surface area contributed by atoms with Crippen LogP contribution in [-0.2, 0) is 0 Å². The van der Waals surface area contributed by atoms with Crippen molar-refractivity contribution >= 4 is 5.91 Å². The van der Waals surface area contributed by atoms with Gasteiger partial charge in [-0.1, -0.05) is 32.6 Å². The molecule has 1 rings (SSSR count). The predicted octanol–water partition coefficient (Wildman–Crippen LogP) is 2.09. The van der Waals surface area contributed by atoms with Crippen molar-refractivity contribution in [3.05, 3.63) is 29.6 Å². The minimum absolute atomic E-state index is 0.169. The molecule has 0 atom stereocenters. The molecule has 0 saturated heterocycles. The minimum atomic E-state index is -0.173. The molecule has 1 aromatic rings. The molecule has 0 aliphatic rings. The maximum Gasteiger partial charge on any atom is 0.271 e. The molecule has 4 heteroatoms. The molecule has 0 radical (unpaired) electrons. The van der Waals surface area contributed by atoms with Crippen LogP contribution in [0.25, 0.3) is 0 Å². The molecular formula is C16H23N3O. The van der Waals surface area contributed by atoms with Crippen LogP contribution in [0.15, 0.2) is 18.3 Å². The number of amides is 1. The monoisotopic (exact) mass is 273 g/mol. The van der Waals surface area contributed by atoms with Gasteiger partial charge in [-0.2, -0.15) is 0 Å². The quantitative estimate of drug-likeness (QED) is 0.807. The first kappa shape index (κ1) is 16.2. The number of nitrogens with zero attached hydrogens (tertiary/aromatic N) is 1. The van der Waals surface area contributed by atoms with Crippen LogP contribution in [0.5, 0.6) is 0 Å². The van der Waals surface area contributed by atoms with Crippen molar-refractivity contribution in [1.82, 2.24) is 10.3 Å². The molecule has 0 unspecified atom stereocenters. The maximum absolute atomic E-state index is 12.4. The third-order valence-electron chi connectivity index (χ3n) is 3.76. The Morgan fingerprint density at radius 1 is 1.35 bits per heavy atom. The number of pyridine rings is 1. The van der Waals surface area contributed by atoms with Gasteiger partial charge in [-0.3, -0.25) is 4.79 Å². The average molecular weight is 273 g/mol. The van der Waals surface area contributed by atoms with E-state index in [-0.39, 0.29) is 18.0 Å². The molecule has 1 amide bonds. The van der Waals surface area contributed by atoms with Crippen molar-refractivity contribution in [2.24, 2.45) is 5.73 Å². The van der Waals surface area contributed by atoms with Crippen LogP contribution in [0.2, 0.25) is 0 Å². The molecule has 3 N–H and O–H groups in total. The molecular weight excluding hydrogens is 250 g/mol. The second-order valence-electron chi connectivity index (χ2n) is 4.70. The smallest absolute Gasteiger partial charge is 0.271 e. The maximum atomic E-state index is 12.4. The summed E-state index contributed by atoms with van der Waals surface area (Å²) >= 11 is 0. The summed E-state index contributed by atoms with van der Waals surface area (Å²) in [5, 5.41) is 3.11. The molecule has 0 bridgehead atoms. The summed E-state index contributed by atoms with van der Waals surface area (Å²) in [6.45, 7) is 6.52. The summed E-state index contributed by atoms with van der Waals surface area (Å²) < 4.78 is 0. The van der Waals surface area contributed by atoms with Gasteiger partial charge < -0.3 is 11.1 Å². The van der Waals surface area contributed by atoms with Crippen LogP contribution in [0.4, 0.5) is 0 Å². The molecule has 20 heavy (non-hydrogen) atoms. The van der Waals surface area contributed by atoms with Gasteiger partial charge in [-0.15, -0.1) is 0 Å². The van der Waals surface area contributed by atoms with E-state index in [0.29, 0.717) is 11.3 Å². The highest BCUT2D eigenvalue weighted by molar-refractivity contribution is 5.95. The van der Waals surface area contributed by atoms with Gasteiger partial charge in [-0.25, -0.2) is 4.98 Å². The normalized spacial score (nSPS) is 10.6. The Bertz CT molecular complexity index is 502. The van der Waals surface area contributed by atoms with Gasteiger partial charge in [0.2, 0.25) is 0 Å². The van der Waals surface area contributed by atoms with Gasteiger partial charge in [0, 0.05) is 11.7 Å². The number of rotatable bonds is 5. The summed E-state index contributed by atoms with van der Waals surface area (Å²) in [4.78, 5) is 16.6. The zero-order valence-corrected chi connectivity index (χ0v) is 12.5. The second kappa shape index (κ2) is 7.66. The minimum Gasteiger partial charge on any atom is -0.345 e. The summed E-state index contributed by atoms with van der Waals surface area (Å²) in [5.74, 6) is 5.49. The van der Waals surface area contributed by atoms with Crippen LogP contribution in [0.3, 0.4) is 0 Å². The van der Waals surface area contributed by atoms with Gasteiger partial charge in [0.05, 0.1) is 12.1 Å². The van der Waals surface area contributed by atoms with Crippen molar-refractivity contribution in [2.45, 2.75) is 45.6 Å². The van der Waals surface area contributed by atoms with E-state index in [9.17, 15) is 4.79 Å². The highest BCUT2D eigenvalue weighted by atomic mass is 16.2. The van der Waals surface area contributed by atoms with E-state index in [2.05, 4.69) is 42.9 Å². The topological polar surface area (TPSA) is 68.0 Å². The number of aromatic nitrogens is 1. The Kier molecular flexibility index (Phi) is 6.20. The number of nitrogens with two attached hydrogens (primary N) is 1. The molecule has 0 saturated carbocycles. The molecule has 0 aromatic carbocycles. The Labute approximate surface area is 121 Å². The first-order chi connectivity index (χ1) is 9.62. The summed E-state index contributed by atoms with van der Waals surface area (Å²) in [6, 6.07) is 3.56. The fourth-order valence-corrected chi connectivity index (χ4v) is 2.15. The Balaban J connectivity index is 3.03. The van der Waals surface area contributed by atoms with Gasteiger partial charge in [0.1, 0.15) is 5.69 Å². The molecule has 1 heterocycles. The fraction of sp³-hybridized carbons (Fsp3) is 0.500. The second-order valence-corrected chi connectivity index (χ2v) is 4.70. The third-order valence-corrected chi connectivity index (χ3v) is 3.76. The summed E-state index contributed by atoms with van der Waals surface area (Å²) in [5.41, 5.74) is 6.19. The highest BCUT2D eigenvalue weighted by Gasteiger charge is 2.27. The zero-order valence-electron chi connectivity index (χ0n) is 12.5. The van der Waals surface area contributed by atoms with E-state index in [1.165, 1.54) is 0 Å². The Hall–Kier alpha value is -1.86. The van der Waals surface area contributed by atoms with Gasteiger partial charge in [0.25, 0.3) is 5.91 Å². The first-order valence-corrected chi connectivity index (χ1v) is 7.09. The van der Waals surface area contributed by atoms with Crippen LogP contribution in [0, 0.1) is 11.8 Å². The fourth-order valence-electron chi connectivity index (χ4n) is 2.15. The molecule has 4 nitrogen and oxygen atoms in total. The van der Waals surface area contributed by atoms with E-state index in [4.69, 9.17) is 5.73 Å². The standard InChI is InChI=1S/C16H23N3O/c1-4-16(5-2,6-3)19-15(20)14-13(9-7-11-17)10-8-12-18-14/h8,10,12H,4-6,11,17H2,1-3H3,(H,19,20). The summed E-state index contributed by atoms with van der Waals surface area (Å²) in [6.07, 6.45) is 4.28. The number of carbonyl (C=O) groups is 1. The van der Waals surface area contributed by atoms with E-state index in [0.717, 1.165) is 19.3 Å². The first-order valence-electron chi connectivity index (χ1n) is 7.09.